The van der Waals surface area contributed by atoms with E-state index in [1.807, 2.05) is 36.4 Å². The maximum atomic E-state index is 11.9. The summed E-state index contributed by atoms with van der Waals surface area (Å²) in [4.78, 5) is 11.9. The first-order valence-corrected chi connectivity index (χ1v) is 5.74. The van der Waals surface area contributed by atoms with Crippen molar-refractivity contribution in [3.05, 3.63) is 64.5 Å². The lowest BCUT2D eigenvalue weighted by Gasteiger charge is -2.06. The SMILES string of the molecule is O=c1oc2ccccc2cc1C1=CCCC=C1. The third kappa shape index (κ3) is 1.82. The molecule has 1 aliphatic carbocycles. The molecule has 0 aliphatic heterocycles. The lowest BCUT2D eigenvalue weighted by molar-refractivity contribution is 0.558. The van der Waals surface area contributed by atoms with Crippen LogP contribution in [0.4, 0.5) is 0 Å². The standard InChI is InChI=1S/C15H12O2/c16-15-13(11-6-2-1-3-7-11)10-12-8-4-5-9-14(12)17-15/h2,4-10H,1,3H2. The lowest BCUT2D eigenvalue weighted by Crippen LogP contribution is -2.06. The molecular weight excluding hydrogens is 212 g/mol. The molecule has 17 heavy (non-hydrogen) atoms. The van der Waals surface area contributed by atoms with Crippen LogP contribution < -0.4 is 5.63 Å². The van der Waals surface area contributed by atoms with Gasteiger partial charge in [-0.3, -0.25) is 0 Å². The smallest absolute Gasteiger partial charge is 0.344 e. The monoisotopic (exact) mass is 224 g/mol. The number of hydrogen-bond acceptors (Lipinski definition) is 2. The van der Waals surface area contributed by atoms with Crippen LogP contribution in [-0.2, 0) is 0 Å². The molecule has 1 aliphatic rings. The Morgan fingerprint density at radius 3 is 2.82 bits per heavy atom. The molecule has 0 saturated heterocycles. The van der Waals surface area contributed by atoms with Crippen molar-refractivity contribution in [2.45, 2.75) is 12.8 Å². The summed E-state index contributed by atoms with van der Waals surface area (Å²) in [5, 5.41) is 0.960. The summed E-state index contributed by atoms with van der Waals surface area (Å²) in [5.41, 5.74) is 2.00. The van der Waals surface area contributed by atoms with Crippen LogP contribution in [0.3, 0.4) is 0 Å². The van der Waals surface area contributed by atoms with Crippen molar-refractivity contribution in [1.29, 1.82) is 0 Å². The summed E-state index contributed by atoms with van der Waals surface area (Å²) < 4.78 is 5.32. The number of rotatable bonds is 1. The molecule has 2 aromatic rings. The summed E-state index contributed by atoms with van der Waals surface area (Å²) in [6.07, 6.45) is 8.19. The van der Waals surface area contributed by atoms with Gasteiger partial charge >= 0.3 is 5.63 Å². The highest BCUT2D eigenvalue weighted by Crippen LogP contribution is 2.21. The van der Waals surface area contributed by atoms with E-state index in [1.165, 1.54) is 0 Å². The van der Waals surface area contributed by atoms with Gasteiger partial charge in [-0.15, -0.1) is 0 Å². The Balaban J connectivity index is 2.23. The van der Waals surface area contributed by atoms with E-state index in [-0.39, 0.29) is 5.63 Å². The van der Waals surface area contributed by atoms with E-state index >= 15 is 0 Å². The zero-order chi connectivity index (χ0) is 11.7. The molecule has 1 aromatic carbocycles. The van der Waals surface area contributed by atoms with Crippen molar-refractivity contribution in [3.63, 3.8) is 0 Å². The highest BCUT2D eigenvalue weighted by molar-refractivity contribution is 5.83. The fourth-order valence-corrected chi connectivity index (χ4v) is 2.08. The molecule has 84 valence electrons. The van der Waals surface area contributed by atoms with E-state index in [0.717, 1.165) is 23.8 Å². The predicted molar refractivity (Wildman–Crippen MR) is 68.8 cm³/mol. The molecule has 0 atom stereocenters. The first-order chi connectivity index (χ1) is 8.34. The van der Waals surface area contributed by atoms with E-state index in [1.54, 1.807) is 0 Å². The average Bonchev–Trinajstić information content (AvgIpc) is 2.39. The van der Waals surface area contributed by atoms with E-state index < -0.39 is 0 Å². The van der Waals surface area contributed by atoms with Crippen LogP contribution in [0.15, 0.2) is 57.8 Å². The predicted octanol–water partition coefficient (Wildman–Crippen LogP) is 3.53. The van der Waals surface area contributed by atoms with Gasteiger partial charge in [-0.1, -0.05) is 36.4 Å². The van der Waals surface area contributed by atoms with Crippen LogP contribution in [0.25, 0.3) is 16.5 Å². The summed E-state index contributed by atoms with van der Waals surface area (Å²) in [6.45, 7) is 0. The Hall–Kier alpha value is -2.09. The number of fused-ring (bicyclic) bond motifs is 1. The summed E-state index contributed by atoms with van der Waals surface area (Å²) >= 11 is 0. The molecule has 0 unspecified atom stereocenters. The topological polar surface area (TPSA) is 30.2 Å². The molecule has 0 radical (unpaired) electrons. The molecule has 1 aromatic heterocycles. The van der Waals surface area contributed by atoms with Crippen LogP contribution in [0.2, 0.25) is 0 Å². The summed E-state index contributed by atoms with van der Waals surface area (Å²) in [6, 6.07) is 9.48. The van der Waals surface area contributed by atoms with Gasteiger partial charge in [-0.05, 0) is 30.5 Å². The molecule has 0 spiro atoms. The molecule has 0 N–H and O–H groups in total. The molecule has 2 heteroatoms. The lowest BCUT2D eigenvalue weighted by atomic mass is 10.0. The van der Waals surface area contributed by atoms with Crippen molar-refractivity contribution in [2.75, 3.05) is 0 Å². The fraction of sp³-hybridized carbons (Fsp3) is 0.133. The quantitative estimate of drug-likeness (QED) is 0.694. The van der Waals surface area contributed by atoms with Crippen molar-refractivity contribution < 1.29 is 4.42 Å². The third-order valence-electron chi connectivity index (χ3n) is 2.95. The second-order valence-electron chi connectivity index (χ2n) is 4.12. The van der Waals surface area contributed by atoms with Crippen molar-refractivity contribution in [2.24, 2.45) is 0 Å². The normalized spacial score (nSPS) is 14.9. The first-order valence-electron chi connectivity index (χ1n) is 5.74. The average molecular weight is 224 g/mol. The fourth-order valence-electron chi connectivity index (χ4n) is 2.08. The van der Waals surface area contributed by atoms with Gasteiger partial charge in [0.15, 0.2) is 0 Å². The molecular formula is C15H12O2. The molecule has 2 nitrogen and oxygen atoms in total. The van der Waals surface area contributed by atoms with Crippen LogP contribution in [0.1, 0.15) is 18.4 Å². The number of benzene rings is 1. The van der Waals surface area contributed by atoms with Crippen molar-refractivity contribution >= 4 is 16.5 Å². The van der Waals surface area contributed by atoms with E-state index in [0.29, 0.717) is 11.1 Å². The Morgan fingerprint density at radius 2 is 2.00 bits per heavy atom. The Labute approximate surface area is 98.9 Å². The highest BCUT2D eigenvalue weighted by Gasteiger charge is 2.09. The molecule has 1 heterocycles. The van der Waals surface area contributed by atoms with Crippen LogP contribution >= 0.6 is 0 Å². The van der Waals surface area contributed by atoms with Crippen LogP contribution in [0.5, 0.6) is 0 Å². The van der Waals surface area contributed by atoms with Crippen molar-refractivity contribution in [1.82, 2.24) is 0 Å². The number of allylic oxidation sites excluding steroid dienone is 4. The van der Waals surface area contributed by atoms with Gasteiger partial charge in [0.1, 0.15) is 5.58 Å². The van der Waals surface area contributed by atoms with Crippen molar-refractivity contribution in [3.8, 4) is 0 Å². The Kier molecular flexibility index (Phi) is 2.41. The molecule has 0 fully saturated rings. The van der Waals surface area contributed by atoms with E-state index in [9.17, 15) is 4.79 Å². The number of hydrogen-bond donors (Lipinski definition) is 0. The minimum absolute atomic E-state index is 0.262. The van der Waals surface area contributed by atoms with Gasteiger partial charge in [0.2, 0.25) is 0 Å². The van der Waals surface area contributed by atoms with Gasteiger partial charge in [0.05, 0.1) is 5.56 Å². The summed E-state index contributed by atoms with van der Waals surface area (Å²) in [5.74, 6) is 0. The Morgan fingerprint density at radius 1 is 1.12 bits per heavy atom. The van der Waals surface area contributed by atoms with Gasteiger partial charge in [0, 0.05) is 5.39 Å². The summed E-state index contributed by atoms with van der Waals surface area (Å²) in [7, 11) is 0. The number of para-hydroxylation sites is 1. The van der Waals surface area contributed by atoms with E-state index in [4.69, 9.17) is 4.42 Å². The molecule has 0 saturated carbocycles. The maximum absolute atomic E-state index is 11.9. The van der Waals surface area contributed by atoms with Crippen LogP contribution in [-0.4, -0.2) is 0 Å². The van der Waals surface area contributed by atoms with Crippen LogP contribution in [0, 0.1) is 0 Å². The van der Waals surface area contributed by atoms with E-state index in [2.05, 4.69) is 12.2 Å². The Bertz CT molecular complexity index is 675. The third-order valence-corrected chi connectivity index (χ3v) is 2.95. The maximum Gasteiger partial charge on any atom is 0.344 e. The highest BCUT2D eigenvalue weighted by atomic mass is 16.4. The zero-order valence-electron chi connectivity index (χ0n) is 9.35. The van der Waals surface area contributed by atoms with Gasteiger partial charge in [0.25, 0.3) is 0 Å². The largest absolute Gasteiger partial charge is 0.422 e. The van der Waals surface area contributed by atoms with Gasteiger partial charge < -0.3 is 4.42 Å². The molecule has 0 amide bonds. The van der Waals surface area contributed by atoms with Gasteiger partial charge in [-0.25, -0.2) is 4.79 Å². The minimum atomic E-state index is -0.262. The molecule has 0 bridgehead atoms. The minimum Gasteiger partial charge on any atom is -0.422 e. The van der Waals surface area contributed by atoms with Gasteiger partial charge in [-0.2, -0.15) is 0 Å². The second kappa shape index (κ2) is 4.06. The molecule has 3 rings (SSSR count). The zero-order valence-corrected chi connectivity index (χ0v) is 9.35. The second-order valence-corrected chi connectivity index (χ2v) is 4.12. The first kappa shape index (κ1) is 10.1.